The van der Waals surface area contributed by atoms with Crippen LogP contribution in [-0.2, 0) is 0 Å². The van der Waals surface area contributed by atoms with Crippen molar-refractivity contribution >= 4 is 23.2 Å². The lowest BCUT2D eigenvalue weighted by atomic mass is 10.0. The third-order valence-corrected chi connectivity index (χ3v) is 4.22. The first kappa shape index (κ1) is 20.2. The van der Waals surface area contributed by atoms with Crippen LogP contribution in [0.15, 0.2) is 35.9 Å². The number of nitrogens with zero attached hydrogens (tertiary/aromatic N) is 1. The number of carbonyl (C=O) groups excluding carboxylic acids is 1. The summed E-state index contributed by atoms with van der Waals surface area (Å²) in [5.41, 5.74) is 9.22. The summed E-state index contributed by atoms with van der Waals surface area (Å²) in [6.45, 7) is 1.76. The number of hydrogen-bond acceptors (Lipinski definition) is 6. The maximum absolute atomic E-state index is 12.9. The minimum atomic E-state index is -0.0954. The molecule has 6 nitrogen and oxygen atoms in total. The molecule has 0 saturated heterocycles. The molecule has 0 bridgehead atoms. The Morgan fingerprint density at radius 2 is 1.74 bits per heavy atom. The van der Waals surface area contributed by atoms with E-state index in [2.05, 4.69) is 0 Å². The fourth-order valence-electron chi connectivity index (χ4n) is 2.79. The smallest absolute Gasteiger partial charge is 0.188 e. The van der Waals surface area contributed by atoms with Gasteiger partial charge in [-0.15, -0.1) is 0 Å². The van der Waals surface area contributed by atoms with Gasteiger partial charge in [0.1, 0.15) is 5.75 Å². The van der Waals surface area contributed by atoms with Crippen molar-refractivity contribution in [2.75, 3.05) is 46.1 Å². The number of carbonyl (C=O) groups is 1. The Morgan fingerprint density at radius 3 is 2.30 bits per heavy atom. The maximum atomic E-state index is 12.9. The van der Waals surface area contributed by atoms with Crippen LogP contribution in [0.3, 0.4) is 0 Å². The molecule has 0 amide bonds. The van der Waals surface area contributed by atoms with Gasteiger partial charge in [-0.25, -0.2) is 0 Å². The average Bonchev–Trinajstić information content (AvgIpc) is 2.66. The number of rotatable bonds is 7. The maximum Gasteiger partial charge on any atom is 0.188 e. The Morgan fingerprint density at radius 1 is 1.04 bits per heavy atom. The topological polar surface area (TPSA) is 74.0 Å². The number of benzene rings is 2. The molecule has 0 aliphatic carbocycles. The minimum Gasteiger partial charge on any atom is -0.497 e. The molecular weight excluding hydrogens is 344 g/mol. The van der Waals surface area contributed by atoms with Gasteiger partial charge < -0.3 is 24.8 Å². The van der Waals surface area contributed by atoms with E-state index in [1.54, 1.807) is 64.7 Å². The summed E-state index contributed by atoms with van der Waals surface area (Å²) in [6.07, 6.45) is 1.76. The van der Waals surface area contributed by atoms with E-state index in [4.69, 9.17) is 19.9 Å². The summed E-state index contributed by atoms with van der Waals surface area (Å²) in [4.78, 5) is 14.8. The van der Waals surface area contributed by atoms with E-state index >= 15 is 0 Å². The molecule has 0 atom stereocenters. The SMILES string of the molecule is COc1cc(C=C(C)C(=O)c2ccc(N)c(N(C)C)c2)c(OC)c(OC)c1. The molecule has 2 N–H and O–H groups in total. The highest BCUT2D eigenvalue weighted by Gasteiger charge is 2.15. The molecule has 0 fully saturated rings. The standard InChI is InChI=1S/C21H26N2O4/c1-13(20(24)14-7-8-17(22)18(11-14)23(2)3)9-15-10-16(25-4)12-19(26-5)21(15)27-6/h7-12H,22H2,1-6H3. The van der Waals surface area contributed by atoms with Crippen LogP contribution in [0, 0.1) is 0 Å². The van der Waals surface area contributed by atoms with Crippen molar-refractivity contribution in [1.82, 2.24) is 0 Å². The number of ketones is 1. The van der Waals surface area contributed by atoms with Gasteiger partial charge in [-0.2, -0.15) is 0 Å². The zero-order chi connectivity index (χ0) is 20.1. The fourth-order valence-corrected chi connectivity index (χ4v) is 2.79. The highest BCUT2D eigenvalue weighted by atomic mass is 16.5. The molecule has 0 saturated carbocycles. The summed E-state index contributed by atoms with van der Waals surface area (Å²) in [7, 11) is 8.46. The Hall–Kier alpha value is -3.15. The van der Waals surface area contributed by atoms with E-state index < -0.39 is 0 Å². The molecule has 0 aromatic heterocycles. The summed E-state index contributed by atoms with van der Waals surface area (Å²) < 4.78 is 16.1. The van der Waals surface area contributed by atoms with Gasteiger partial charge in [-0.1, -0.05) is 0 Å². The lowest BCUT2D eigenvalue weighted by Gasteiger charge is -2.16. The quantitative estimate of drug-likeness (QED) is 0.456. The zero-order valence-electron chi connectivity index (χ0n) is 16.6. The molecule has 0 heterocycles. The third-order valence-electron chi connectivity index (χ3n) is 4.22. The van der Waals surface area contributed by atoms with Crippen LogP contribution in [0.4, 0.5) is 11.4 Å². The van der Waals surface area contributed by atoms with E-state index in [9.17, 15) is 4.79 Å². The molecule has 0 radical (unpaired) electrons. The summed E-state index contributed by atoms with van der Waals surface area (Å²) in [6, 6.07) is 8.79. The van der Waals surface area contributed by atoms with Crippen LogP contribution in [0.5, 0.6) is 17.2 Å². The van der Waals surface area contributed by atoms with Gasteiger partial charge in [0, 0.05) is 31.3 Å². The van der Waals surface area contributed by atoms with Crippen LogP contribution in [0.2, 0.25) is 0 Å². The Balaban J connectivity index is 2.48. The number of anilines is 2. The number of hydrogen-bond donors (Lipinski definition) is 1. The highest BCUT2D eigenvalue weighted by Crippen LogP contribution is 2.37. The average molecular weight is 370 g/mol. The second kappa shape index (κ2) is 8.49. The van der Waals surface area contributed by atoms with Crippen LogP contribution >= 0.6 is 0 Å². The predicted molar refractivity (Wildman–Crippen MR) is 109 cm³/mol. The van der Waals surface area contributed by atoms with Gasteiger partial charge in [0.2, 0.25) is 0 Å². The first-order valence-corrected chi connectivity index (χ1v) is 8.42. The number of nitrogen functional groups attached to an aromatic ring is 1. The summed E-state index contributed by atoms with van der Waals surface area (Å²) >= 11 is 0. The first-order valence-electron chi connectivity index (χ1n) is 8.42. The monoisotopic (exact) mass is 370 g/mol. The van der Waals surface area contributed by atoms with Crippen LogP contribution in [-0.4, -0.2) is 41.2 Å². The second-order valence-corrected chi connectivity index (χ2v) is 6.28. The Bertz CT molecular complexity index is 873. The molecule has 0 spiro atoms. The van der Waals surface area contributed by atoms with Gasteiger partial charge in [0.25, 0.3) is 0 Å². The van der Waals surface area contributed by atoms with Gasteiger partial charge in [-0.05, 0) is 42.8 Å². The minimum absolute atomic E-state index is 0.0954. The molecule has 2 aromatic carbocycles. The number of Topliss-reactive ketones (excluding diaryl/α,β-unsaturated/α-hetero) is 1. The van der Waals surface area contributed by atoms with E-state index in [0.717, 1.165) is 5.69 Å². The summed E-state index contributed by atoms with van der Waals surface area (Å²) in [5.74, 6) is 1.59. The van der Waals surface area contributed by atoms with Crippen LogP contribution in [0.25, 0.3) is 6.08 Å². The van der Waals surface area contributed by atoms with Crippen molar-refractivity contribution in [3.8, 4) is 17.2 Å². The van der Waals surface area contributed by atoms with Crippen molar-refractivity contribution in [2.45, 2.75) is 6.92 Å². The molecule has 144 valence electrons. The molecule has 0 unspecified atom stereocenters. The van der Waals surface area contributed by atoms with Crippen molar-refractivity contribution in [1.29, 1.82) is 0 Å². The Labute approximate surface area is 160 Å². The van der Waals surface area contributed by atoms with Gasteiger partial charge in [0.05, 0.1) is 32.7 Å². The van der Waals surface area contributed by atoms with Crippen LogP contribution in [0.1, 0.15) is 22.8 Å². The fraction of sp³-hybridized carbons (Fsp3) is 0.286. The third kappa shape index (κ3) is 4.34. The molecule has 2 aromatic rings. The largest absolute Gasteiger partial charge is 0.497 e. The van der Waals surface area contributed by atoms with Crippen molar-refractivity contribution in [3.63, 3.8) is 0 Å². The van der Waals surface area contributed by atoms with E-state index in [0.29, 0.717) is 39.6 Å². The van der Waals surface area contributed by atoms with Gasteiger partial charge in [-0.3, -0.25) is 4.79 Å². The summed E-state index contributed by atoms with van der Waals surface area (Å²) in [5, 5.41) is 0. The molecule has 0 aliphatic heterocycles. The highest BCUT2D eigenvalue weighted by molar-refractivity contribution is 6.11. The Kier molecular flexibility index (Phi) is 6.34. The van der Waals surface area contributed by atoms with Crippen molar-refractivity contribution in [2.24, 2.45) is 0 Å². The second-order valence-electron chi connectivity index (χ2n) is 6.28. The lowest BCUT2D eigenvalue weighted by Crippen LogP contribution is -2.12. The van der Waals surface area contributed by atoms with E-state index in [1.165, 1.54) is 0 Å². The zero-order valence-corrected chi connectivity index (χ0v) is 16.6. The van der Waals surface area contributed by atoms with Crippen molar-refractivity contribution < 1.29 is 19.0 Å². The first-order chi connectivity index (χ1) is 12.8. The molecule has 27 heavy (non-hydrogen) atoms. The van der Waals surface area contributed by atoms with E-state index in [-0.39, 0.29) is 5.78 Å². The lowest BCUT2D eigenvalue weighted by molar-refractivity contribution is 0.103. The number of nitrogens with two attached hydrogens (primary N) is 1. The number of allylic oxidation sites excluding steroid dienone is 1. The number of ether oxygens (including phenoxy) is 3. The molecule has 2 rings (SSSR count). The predicted octanol–water partition coefficient (Wildman–Crippen LogP) is 3.65. The van der Waals surface area contributed by atoms with Crippen molar-refractivity contribution in [3.05, 3.63) is 47.0 Å². The van der Waals surface area contributed by atoms with Gasteiger partial charge >= 0.3 is 0 Å². The molecule has 6 heteroatoms. The normalized spacial score (nSPS) is 11.1. The van der Waals surface area contributed by atoms with Crippen LogP contribution < -0.4 is 24.8 Å². The molecular formula is C21H26N2O4. The molecule has 0 aliphatic rings. The van der Waals surface area contributed by atoms with Gasteiger partial charge in [0.15, 0.2) is 17.3 Å². The number of methoxy groups -OCH3 is 3. The van der Waals surface area contributed by atoms with E-state index in [1.807, 2.05) is 19.0 Å².